The summed E-state index contributed by atoms with van der Waals surface area (Å²) in [7, 11) is 0. The van der Waals surface area contributed by atoms with E-state index in [0.717, 1.165) is 22.5 Å². The molecule has 0 saturated carbocycles. The summed E-state index contributed by atoms with van der Waals surface area (Å²) in [6.07, 6.45) is 2.94. The number of rotatable bonds is 5. The average molecular weight is 375 g/mol. The Labute approximate surface area is 163 Å². The number of aryl methyl sites for hydroxylation is 2. The Bertz CT molecular complexity index is 995. The third-order valence-electron chi connectivity index (χ3n) is 4.07. The molecule has 0 bridgehead atoms. The van der Waals surface area contributed by atoms with Gasteiger partial charge in [-0.3, -0.25) is 9.59 Å². The first kappa shape index (κ1) is 19.0. The number of nitrogens with zero attached hydrogens (tertiary/aromatic N) is 2. The average Bonchev–Trinajstić information content (AvgIpc) is 2.65. The fraction of sp³-hybridized carbons (Fsp3) is 0.143. The summed E-state index contributed by atoms with van der Waals surface area (Å²) in [5.41, 5.74) is 4.53. The first-order valence-electron chi connectivity index (χ1n) is 8.76. The second-order valence-electron chi connectivity index (χ2n) is 6.40. The topological polar surface area (TPSA) is 96.0 Å². The third-order valence-corrected chi connectivity index (χ3v) is 4.07. The number of para-hydroxylation sites is 1. The molecular weight excluding hydrogens is 354 g/mol. The summed E-state index contributed by atoms with van der Waals surface area (Å²) in [5, 5.41) is 8.67. The number of hydrogen-bond donors (Lipinski definition) is 3. The molecule has 0 unspecified atom stereocenters. The van der Waals surface area contributed by atoms with Crippen LogP contribution in [0.15, 0.2) is 54.9 Å². The lowest BCUT2D eigenvalue weighted by molar-refractivity contribution is -0.114. The van der Waals surface area contributed by atoms with Crippen molar-refractivity contribution in [1.29, 1.82) is 0 Å². The molecule has 0 aliphatic rings. The summed E-state index contributed by atoms with van der Waals surface area (Å²) in [4.78, 5) is 32.1. The van der Waals surface area contributed by atoms with Gasteiger partial charge in [0.1, 0.15) is 0 Å². The van der Waals surface area contributed by atoms with Crippen LogP contribution >= 0.6 is 0 Å². The van der Waals surface area contributed by atoms with Gasteiger partial charge >= 0.3 is 0 Å². The summed E-state index contributed by atoms with van der Waals surface area (Å²) in [6, 6.07) is 13.0. The van der Waals surface area contributed by atoms with E-state index in [2.05, 4.69) is 25.9 Å². The number of nitrogens with one attached hydrogen (secondary N) is 3. The Kier molecular flexibility index (Phi) is 5.64. The van der Waals surface area contributed by atoms with Crippen molar-refractivity contribution in [2.45, 2.75) is 20.8 Å². The molecule has 2 aromatic carbocycles. The first-order valence-corrected chi connectivity index (χ1v) is 8.76. The van der Waals surface area contributed by atoms with E-state index in [0.29, 0.717) is 17.2 Å². The van der Waals surface area contributed by atoms with Gasteiger partial charge in [-0.1, -0.05) is 24.3 Å². The van der Waals surface area contributed by atoms with Crippen molar-refractivity contribution in [3.63, 3.8) is 0 Å². The van der Waals surface area contributed by atoms with E-state index in [4.69, 9.17) is 0 Å². The molecule has 3 rings (SSSR count). The molecule has 3 aromatic rings. The van der Waals surface area contributed by atoms with Crippen molar-refractivity contribution in [1.82, 2.24) is 9.97 Å². The third kappa shape index (κ3) is 4.70. The highest BCUT2D eigenvalue weighted by Crippen LogP contribution is 2.21. The normalized spacial score (nSPS) is 10.2. The molecule has 0 fully saturated rings. The quantitative estimate of drug-likeness (QED) is 0.625. The minimum Gasteiger partial charge on any atom is -0.326 e. The highest BCUT2D eigenvalue weighted by molar-refractivity contribution is 6.04. The van der Waals surface area contributed by atoms with Crippen molar-refractivity contribution >= 4 is 34.8 Å². The minimum absolute atomic E-state index is 0.146. The summed E-state index contributed by atoms with van der Waals surface area (Å²) in [5.74, 6) is -0.0622. The van der Waals surface area contributed by atoms with Crippen LogP contribution in [0.4, 0.5) is 23.0 Å². The molecule has 7 nitrogen and oxygen atoms in total. The van der Waals surface area contributed by atoms with Gasteiger partial charge in [0.05, 0.1) is 5.56 Å². The van der Waals surface area contributed by atoms with E-state index in [1.54, 1.807) is 18.2 Å². The molecular formula is C21H21N5O2. The molecule has 142 valence electrons. The second kappa shape index (κ2) is 8.30. The van der Waals surface area contributed by atoms with E-state index >= 15 is 0 Å². The molecule has 1 heterocycles. The van der Waals surface area contributed by atoms with Gasteiger partial charge in [0.25, 0.3) is 5.91 Å². The Morgan fingerprint density at radius 2 is 1.46 bits per heavy atom. The van der Waals surface area contributed by atoms with Gasteiger partial charge in [-0.2, -0.15) is 0 Å². The van der Waals surface area contributed by atoms with Crippen molar-refractivity contribution in [3.8, 4) is 0 Å². The zero-order valence-electron chi connectivity index (χ0n) is 15.9. The SMILES string of the molecule is CC(=O)Nc1cccc(Nc2ncc(C(=O)Nc3c(C)cccc3C)cn2)c1. The molecule has 0 atom stereocenters. The monoisotopic (exact) mass is 375 g/mol. The minimum atomic E-state index is -0.267. The molecule has 0 aliphatic heterocycles. The number of aromatic nitrogens is 2. The van der Waals surface area contributed by atoms with Crippen LogP contribution in [0.3, 0.4) is 0 Å². The van der Waals surface area contributed by atoms with Crippen LogP contribution in [0.2, 0.25) is 0 Å². The van der Waals surface area contributed by atoms with E-state index < -0.39 is 0 Å². The molecule has 0 spiro atoms. The van der Waals surface area contributed by atoms with Crippen molar-refractivity contribution in [2.24, 2.45) is 0 Å². The van der Waals surface area contributed by atoms with Gasteiger partial charge in [0.15, 0.2) is 0 Å². The lowest BCUT2D eigenvalue weighted by atomic mass is 10.1. The Hall–Kier alpha value is -3.74. The van der Waals surface area contributed by atoms with Gasteiger partial charge in [-0.25, -0.2) is 9.97 Å². The molecule has 7 heteroatoms. The van der Waals surface area contributed by atoms with E-state index in [-0.39, 0.29) is 11.8 Å². The molecule has 0 radical (unpaired) electrons. The molecule has 1 aromatic heterocycles. The fourth-order valence-electron chi connectivity index (χ4n) is 2.71. The standard InChI is InChI=1S/C21H21N5O2/c1-13-6-4-7-14(2)19(13)26-20(28)16-11-22-21(23-12-16)25-18-9-5-8-17(10-18)24-15(3)27/h4-12H,1-3H3,(H,24,27)(H,26,28)(H,22,23,25). The lowest BCUT2D eigenvalue weighted by Crippen LogP contribution is -2.14. The molecule has 28 heavy (non-hydrogen) atoms. The van der Waals surface area contributed by atoms with E-state index in [1.807, 2.05) is 38.1 Å². The largest absolute Gasteiger partial charge is 0.326 e. The smallest absolute Gasteiger partial charge is 0.258 e. The second-order valence-corrected chi connectivity index (χ2v) is 6.40. The van der Waals surface area contributed by atoms with E-state index in [1.165, 1.54) is 19.3 Å². The maximum Gasteiger partial charge on any atom is 0.258 e. The lowest BCUT2D eigenvalue weighted by Gasteiger charge is -2.11. The maximum atomic E-state index is 12.5. The number of benzene rings is 2. The van der Waals surface area contributed by atoms with Crippen LogP contribution in [0, 0.1) is 13.8 Å². The Morgan fingerprint density at radius 1 is 0.857 bits per heavy atom. The van der Waals surface area contributed by atoms with Crippen LogP contribution in [0.5, 0.6) is 0 Å². The van der Waals surface area contributed by atoms with E-state index in [9.17, 15) is 9.59 Å². The van der Waals surface area contributed by atoms with Gasteiger partial charge in [0.2, 0.25) is 11.9 Å². The Balaban J connectivity index is 1.70. The van der Waals surface area contributed by atoms with Crippen LogP contribution < -0.4 is 16.0 Å². The van der Waals surface area contributed by atoms with Gasteiger partial charge in [-0.15, -0.1) is 0 Å². The van der Waals surface area contributed by atoms with Gasteiger partial charge in [-0.05, 0) is 43.2 Å². The number of carbonyl (C=O) groups is 2. The number of carbonyl (C=O) groups excluding carboxylic acids is 2. The summed E-state index contributed by atoms with van der Waals surface area (Å²) in [6.45, 7) is 5.34. The fourth-order valence-corrected chi connectivity index (χ4v) is 2.71. The van der Waals surface area contributed by atoms with Gasteiger partial charge < -0.3 is 16.0 Å². The molecule has 0 saturated heterocycles. The summed E-state index contributed by atoms with van der Waals surface area (Å²) >= 11 is 0. The predicted molar refractivity (Wildman–Crippen MR) is 110 cm³/mol. The van der Waals surface area contributed by atoms with Crippen molar-refractivity contribution in [3.05, 3.63) is 71.5 Å². The van der Waals surface area contributed by atoms with Gasteiger partial charge in [0, 0.05) is 36.4 Å². The number of amides is 2. The van der Waals surface area contributed by atoms with Crippen LogP contribution in [-0.4, -0.2) is 21.8 Å². The highest BCUT2D eigenvalue weighted by atomic mass is 16.2. The highest BCUT2D eigenvalue weighted by Gasteiger charge is 2.11. The predicted octanol–water partition coefficient (Wildman–Crippen LogP) is 4.05. The van der Waals surface area contributed by atoms with Crippen molar-refractivity contribution in [2.75, 3.05) is 16.0 Å². The van der Waals surface area contributed by atoms with Crippen molar-refractivity contribution < 1.29 is 9.59 Å². The zero-order valence-corrected chi connectivity index (χ0v) is 15.9. The maximum absolute atomic E-state index is 12.5. The van der Waals surface area contributed by atoms with Crippen LogP contribution in [0.1, 0.15) is 28.4 Å². The molecule has 2 amide bonds. The number of hydrogen-bond acceptors (Lipinski definition) is 5. The molecule has 3 N–H and O–H groups in total. The molecule has 0 aliphatic carbocycles. The number of anilines is 4. The Morgan fingerprint density at radius 3 is 2.11 bits per heavy atom. The van der Waals surface area contributed by atoms with Crippen LogP contribution in [-0.2, 0) is 4.79 Å². The zero-order chi connectivity index (χ0) is 20.1. The summed E-state index contributed by atoms with van der Waals surface area (Å²) < 4.78 is 0. The first-order chi connectivity index (χ1) is 13.4. The van der Waals surface area contributed by atoms with Crippen LogP contribution in [0.25, 0.3) is 0 Å².